The van der Waals surface area contributed by atoms with Gasteiger partial charge in [0.05, 0.1) is 17.8 Å². The lowest BCUT2D eigenvalue weighted by Crippen LogP contribution is -2.41. The molecule has 1 aromatic carbocycles. The van der Waals surface area contributed by atoms with E-state index in [2.05, 4.69) is 0 Å². The van der Waals surface area contributed by atoms with Crippen molar-refractivity contribution in [3.63, 3.8) is 0 Å². The average molecular weight is 307 g/mol. The van der Waals surface area contributed by atoms with Crippen LogP contribution in [0.4, 0.5) is 23.2 Å². The standard InChI is InChI=1S/C12H13F4N3O2/c1-19(5-9(20)18-6-12(14,15)16)11(21)7-3-2-4-8(13)10(7)17/h2-4H,5-6,17H2,1H3,(H,18,20). The number of hydrogen-bond donors (Lipinski definition) is 2. The van der Waals surface area contributed by atoms with Crippen LogP contribution in [0.2, 0.25) is 0 Å². The van der Waals surface area contributed by atoms with Gasteiger partial charge < -0.3 is 16.0 Å². The second kappa shape index (κ2) is 6.42. The third-order valence-electron chi connectivity index (χ3n) is 2.50. The number of nitrogens with two attached hydrogens (primary N) is 1. The summed E-state index contributed by atoms with van der Waals surface area (Å²) in [7, 11) is 1.19. The Kier molecular flexibility index (Phi) is 5.12. The van der Waals surface area contributed by atoms with Gasteiger partial charge in [-0.3, -0.25) is 9.59 Å². The fraction of sp³-hybridized carbons (Fsp3) is 0.333. The van der Waals surface area contributed by atoms with Crippen molar-refractivity contribution in [3.05, 3.63) is 29.6 Å². The van der Waals surface area contributed by atoms with Crippen molar-refractivity contribution < 1.29 is 27.2 Å². The number of nitrogens with one attached hydrogen (secondary N) is 1. The van der Waals surface area contributed by atoms with E-state index in [4.69, 9.17) is 5.73 Å². The molecule has 3 N–H and O–H groups in total. The molecule has 0 aliphatic rings. The highest BCUT2D eigenvalue weighted by molar-refractivity contribution is 6.00. The molecule has 0 fully saturated rings. The largest absolute Gasteiger partial charge is 0.405 e. The summed E-state index contributed by atoms with van der Waals surface area (Å²) in [5, 5.41) is 1.62. The summed E-state index contributed by atoms with van der Waals surface area (Å²) in [6.45, 7) is -2.10. The van der Waals surface area contributed by atoms with Gasteiger partial charge in [-0.05, 0) is 12.1 Å². The maximum Gasteiger partial charge on any atom is 0.405 e. The summed E-state index contributed by atoms with van der Waals surface area (Å²) in [5.41, 5.74) is 4.85. The molecular weight excluding hydrogens is 294 g/mol. The van der Waals surface area contributed by atoms with E-state index >= 15 is 0 Å². The molecule has 0 spiro atoms. The minimum absolute atomic E-state index is 0.166. The van der Waals surface area contributed by atoms with Crippen LogP contribution in [0.25, 0.3) is 0 Å². The molecule has 0 bridgehead atoms. The van der Waals surface area contributed by atoms with Crippen LogP contribution < -0.4 is 11.1 Å². The monoisotopic (exact) mass is 307 g/mol. The van der Waals surface area contributed by atoms with E-state index in [1.165, 1.54) is 19.2 Å². The Bertz CT molecular complexity index is 546. The number of likely N-dealkylation sites (N-methyl/N-ethyl adjacent to an activating group) is 1. The fourth-order valence-electron chi connectivity index (χ4n) is 1.47. The van der Waals surface area contributed by atoms with Gasteiger partial charge in [-0.2, -0.15) is 13.2 Å². The lowest BCUT2D eigenvalue weighted by atomic mass is 10.1. The number of hydrogen-bond acceptors (Lipinski definition) is 3. The van der Waals surface area contributed by atoms with Crippen LogP contribution in [0, 0.1) is 5.82 Å². The lowest BCUT2D eigenvalue weighted by Gasteiger charge is -2.18. The predicted molar refractivity (Wildman–Crippen MR) is 66.8 cm³/mol. The molecule has 0 aliphatic carbocycles. The third-order valence-corrected chi connectivity index (χ3v) is 2.50. The minimum atomic E-state index is -4.54. The molecule has 0 aliphatic heterocycles. The quantitative estimate of drug-likeness (QED) is 0.647. The van der Waals surface area contributed by atoms with E-state index < -0.39 is 36.9 Å². The maximum atomic E-state index is 13.2. The number of nitrogen functional groups attached to an aromatic ring is 1. The molecule has 0 unspecified atom stereocenters. The van der Waals surface area contributed by atoms with Crippen molar-refractivity contribution in [1.29, 1.82) is 0 Å². The predicted octanol–water partition coefficient (Wildman–Crippen LogP) is 1.16. The normalized spacial score (nSPS) is 11.1. The molecule has 5 nitrogen and oxygen atoms in total. The Morgan fingerprint density at radius 2 is 1.95 bits per heavy atom. The number of halogens is 4. The lowest BCUT2D eigenvalue weighted by molar-refractivity contribution is -0.138. The van der Waals surface area contributed by atoms with Crippen molar-refractivity contribution in [2.45, 2.75) is 6.18 Å². The number of para-hydroxylation sites is 1. The molecule has 0 saturated heterocycles. The van der Waals surface area contributed by atoms with Gasteiger partial charge in [-0.1, -0.05) is 6.07 Å². The number of rotatable bonds is 4. The number of carbonyl (C=O) groups is 2. The fourth-order valence-corrected chi connectivity index (χ4v) is 1.47. The Labute approximate surface area is 117 Å². The SMILES string of the molecule is CN(CC(=O)NCC(F)(F)F)C(=O)c1cccc(F)c1N. The van der Waals surface area contributed by atoms with E-state index in [1.807, 2.05) is 0 Å². The molecule has 2 amide bonds. The van der Waals surface area contributed by atoms with Gasteiger partial charge in [0, 0.05) is 7.05 Å². The Morgan fingerprint density at radius 3 is 2.52 bits per heavy atom. The van der Waals surface area contributed by atoms with Crippen LogP contribution in [0.3, 0.4) is 0 Å². The van der Waals surface area contributed by atoms with Crippen LogP contribution in [0.5, 0.6) is 0 Å². The van der Waals surface area contributed by atoms with Crippen molar-refractivity contribution in [1.82, 2.24) is 10.2 Å². The van der Waals surface area contributed by atoms with E-state index in [0.717, 1.165) is 11.0 Å². The first kappa shape index (κ1) is 16.7. The van der Waals surface area contributed by atoms with E-state index in [9.17, 15) is 27.2 Å². The van der Waals surface area contributed by atoms with Crippen LogP contribution in [-0.2, 0) is 4.79 Å². The zero-order valence-corrected chi connectivity index (χ0v) is 11.0. The molecule has 1 rings (SSSR count). The van der Waals surface area contributed by atoms with Gasteiger partial charge in [0.15, 0.2) is 0 Å². The summed E-state index contributed by atoms with van der Waals surface area (Å²) in [6, 6.07) is 3.57. The molecule has 9 heteroatoms. The first-order chi connectivity index (χ1) is 9.61. The first-order valence-electron chi connectivity index (χ1n) is 5.74. The van der Waals surface area contributed by atoms with E-state index in [-0.39, 0.29) is 11.3 Å². The second-order valence-electron chi connectivity index (χ2n) is 4.25. The highest BCUT2D eigenvalue weighted by Crippen LogP contribution is 2.17. The summed E-state index contributed by atoms with van der Waals surface area (Å²) in [4.78, 5) is 24.1. The topological polar surface area (TPSA) is 75.4 Å². The minimum Gasteiger partial charge on any atom is -0.396 e. The molecule has 116 valence electrons. The van der Waals surface area contributed by atoms with Crippen LogP contribution in [0.1, 0.15) is 10.4 Å². The molecule has 0 heterocycles. The number of alkyl halides is 3. The van der Waals surface area contributed by atoms with Crippen molar-refractivity contribution in [3.8, 4) is 0 Å². The summed E-state index contributed by atoms with van der Waals surface area (Å²) in [6.07, 6.45) is -4.54. The number of benzene rings is 1. The van der Waals surface area contributed by atoms with Gasteiger partial charge in [-0.25, -0.2) is 4.39 Å². The Hall–Kier alpha value is -2.32. The molecule has 0 saturated carbocycles. The van der Waals surface area contributed by atoms with Gasteiger partial charge >= 0.3 is 6.18 Å². The smallest absolute Gasteiger partial charge is 0.396 e. The molecule has 0 radical (unpaired) electrons. The maximum absolute atomic E-state index is 13.2. The molecule has 0 aromatic heterocycles. The zero-order chi connectivity index (χ0) is 16.2. The number of nitrogens with zero attached hydrogens (tertiary/aromatic N) is 1. The van der Waals surface area contributed by atoms with Crippen molar-refractivity contribution in [2.24, 2.45) is 0 Å². The highest BCUT2D eigenvalue weighted by Gasteiger charge is 2.28. The second-order valence-corrected chi connectivity index (χ2v) is 4.25. The van der Waals surface area contributed by atoms with Crippen molar-refractivity contribution in [2.75, 3.05) is 25.9 Å². The zero-order valence-electron chi connectivity index (χ0n) is 11.0. The third kappa shape index (κ3) is 4.93. The van der Waals surface area contributed by atoms with Crippen LogP contribution in [0.15, 0.2) is 18.2 Å². The molecule has 21 heavy (non-hydrogen) atoms. The summed E-state index contributed by atoms with van der Waals surface area (Å²) < 4.78 is 49.0. The Balaban J connectivity index is 2.67. The molecular formula is C12H13F4N3O2. The van der Waals surface area contributed by atoms with Crippen LogP contribution >= 0.6 is 0 Å². The summed E-state index contributed by atoms with van der Waals surface area (Å²) >= 11 is 0. The van der Waals surface area contributed by atoms with Gasteiger partial charge in [0.2, 0.25) is 5.91 Å². The number of amides is 2. The van der Waals surface area contributed by atoms with E-state index in [1.54, 1.807) is 5.32 Å². The van der Waals surface area contributed by atoms with Crippen molar-refractivity contribution >= 4 is 17.5 Å². The van der Waals surface area contributed by atoms with Crippen LogP contribution in [-0.4, -0.2) is 43.0 Å². The average Bonchev–Trinajstić information content (AvgIpc) is 2.38. The molecule has 1 aromatic rings. The van der Waals surface area contributed by atoms with Gasteiger partial charge in [-0.15, -0.1) is 0 Å². The summed E-state index contributed by atoms with van der Waals surface area (Å²) in [5.74, 6) is -2.55. The van der Waals surface area contributed by atoms with Gasteiger partial charge in [0.25, 0.3) is 5.91 Å². The highest BCUT2D eigenvalue weighted by atomic mass is 19.4. The molecule has 0 atom stereocenters. The van der Waals surface area contributed by atoms with E-state index in [0.29, 0.717) is 0 Å². The first-order valence-corrected chi connectivity index (χ1v) is 5.74. The Morgan fingerprint density at radius 1 is 1.33 bits per heavy atom. The van der Waals surface area contributed by atoms with Gasteiger partial charge in [0.1, 0.15) is 12.4 Å². The number of carbonyl (C=O) groups excluding carboxylic acids is 2. The number of anilines is 1.